The number of fused-ring (bicyclic) bond motifs is 1. The molecule has 1 saturated heterocycles. The van der Waals surface area contributed by atoms with Crippen LogP contribution in [0.15, 0.2) is 36.4 Å². The lowest BCUT2D eigenvalue weighted by molar-refractivity contribution is -0.116. The Balaban J connectivity index is 1.37. The number of nitrogens with zero attached hydrogens (tertiary/aromatic N) is 2. The number of esters is 1. The molecule has 3 aromatic rings. The van der Waals surface area contributed by atoms with E-state index in [0.717, 1.165) is 42.6 Å². The first-order valence-electron chi connectivity index (χ1n) is 11.4. The monoisotopic (exact) mass is 448 g/mol. The summed E-state index contributed by atoms with van der Waals surface area (Å²) in [7, 11) is 1.34. The molecular formula is C26H32N4O3. The van der Waals surface area contributed by atoms with Crippen molar-refractivity contribution in [1.29, 1.82) is 0 Å². The Hall–Kier alpha value is -3.32. The van der Waals surface area contributed by atoms with Crippen LogP contribution in [0.1, 0.15) is 33.6 Å². The van der Waals surface area contributed by atoms with Crippen molar-refractivity contribution in [2.24, 2.45) is 0 Å². The van der Waals surface area contributed by atoms with E-state index in [1.807, 2.05) is 25.1 Å². The Labute approximate surface area is 194 Å². The summed E-state index contributed by atoms with van der Waals surface area (Å²) in [5, 5.41) is 3.77. The molecule has 0 atom stereocenters. The quantitative estimate of drug-likeness (QED) is 0.557. The number of H-pyrrole nitrogens is 1. The first-order chi connectivity index (χ1) is 15.9. The number of aromatic amines is 1. The van der Waals surface area contributed by atoms with E-state index in [2.05, 4.69) is 52.1 Å². The molecule has 1 amide bonds. The van der Waals surface area contributed by atoms with Gasteiger partial charge in [-0.1, -0.05) is 23.8 Å². The predicted octanol–water partition coefficient (Wildman–Crippen LogP) is 4.03. The molecule has 2 heterocycles. The highest BCUT2D eigenvalue weighted by molar-refractivity contribution is 6.11. The number of rotatable bonds is 6. The van der Waals surface area contributed by atoms with E-state index < -0.39 is 5.97 Å². The van der Waals surface area contributed by atoms with E-state index >= 15 is 0 Å². The summed E-state index contributed by atoms with van der Waals surface area (Å²) in [5.41, 5.74) is 6.55. The first kappa shape index (κ1) is 22.9. The third-order valence-electron chi connectivity index (χ3n) is 6.55. The highest BCUT2D eigenvalue weighted by atomic mass is 16.5. The van der Waals surface area contributed by atoms with Crippen LogP contribution in [0.5, 0.6) is 0 Å². The Bertz CT molecular complexity index is 1180. The summed E-state index contributed by atoms with van der Waals surface area (Å²) in [5.74, 6) is -0.610. The van der Waals surface area contributed by atoms with E-state index in [9.17, 15) is 9.59 Å². The minimum atomic E-state index is -0.498. The molecule has 0 unspecified atom stereocenters. The molecule has 0 aliphatic carbocycles. The van der Waals surface area contributed by atoms with Gasteiger partial charge in [-0.25, -0.2) is 4.79 Å². The molecule has 0 saturated carbocycles. The van der Waals surface area contributed by atoms with Crippen LogP contribution in [0, 0.1) is 20.8 Å². The summed E-state index contributed by atoms with van der Waals surface area (Å²) in [6.45, 7) is 10.7. The highest BCUT2D eigenvalue weighted by Crippen LogP contribution is 2.29. The second kappa shape index (κ2) is 9.67. The predicted molar refractivity (Wildman–Crippen MR) is 132 cm³/mol. The van der Waals surface area contributed by atoms with Gasteiger partial charge in [0, 0.05) is 55.7 Å². The molecule has 0 spiro atoms. The lowest BCUT2D eigenvalue weighted by Crippen LogP contribution is -2.47. The largest absolute Gasteiger partial charge is 0.464 e. The second-order valence-corrected chi connectivity index (χ2v) is 8.76. The summed E-state index contributed by atoms with van der Waals surface area (Å²) in [6.07, 6.45) is 0.364. The molecule has 1 aliphatic heterocycles. The number of hydrogen-bond acceptors (Lipinski definition) is 5. The molecule has 7 heteroatoms. The maximum atomic E-state index is 12.8. The molecule has 174 valence electrons. The van der Waals surface area contributed by atoms with E-state index in [0.29, 0.717) is 18.7 Å². The van der Waals surface area contributed by atoms with Crippen molar-refractivity contribution in [1.82, 2.24) is 9.88 Å². The molecule has 1 fully saturated rings. The van der Waals surface area contributed by atoms with Gasteiger partial charge in [0.25, 0.3) is 0 Å². The van der Waals surface area contributed by atoms with Gasteiger partial charge < -0.3 is 19.9 Å². The number of aryl methyl sites for hydroxylation is 2. The maximum absolute atomic E-state index is 12.8. The molecule has 2 aromatic carbocycles. The number of hydrogen-bond donors (Lipinski definition) is 2. The number of benzene rings is 2. The van der Waals surface area contributed by atoms with Gasteiger partial charge in [0.1, 0.15) is 5.69 Å². The van der Waals surface area contributed by atoms with E-state index in [4.69, 9.17) is 4.74 Å². The van der Waals surface area contributed by atoms with E-state index in [1.54, 1.807) is 0 Å². The third-order valence-corrected chi connectivity index (χ3v) is 6.55. The SMILES string of the molecule is COC(=O)c1[nH]c2ccc(C)cc2c1NC(=O)CCN1CCN(c2cccc(C)c2C)CC1. The van der Waals surface area contributed by atoms with Crippen LogP contribution in [-0.4, -0.2) is 61.6 Å². The molecule has 0 radical (unpaired) electrons. The van der Waals surface area contributed by atoms with Crippen molar-refractivity contribution in [2.75, 3.05) is 50.1 Å². The van der Waals surface area contributed by atoms with Crippen molar-refractivity contribution in [3.8, 4) is 0 Å². The summed E-state index contributed by atoms with van der Waals surface area (Å²) in [6, 6.07) is 12.3. The number of nitrogens with one attached hydrogen (secondary N) is 2. The number of piperazine rings is 1. The van der Waals surface area contributed by atoms with Crippen LogP contribution >= 0.6 is 0 Å². The summed E-state index contributed by atoms with van der Waals surface area (Å²) in [4.78, 5) is 32.9. The van der Waals surface area contributed by atoms with Crippen LogP contribution in [0.2, 0.25) is 0 Å². The van der Waals surface area contributed by atoms with Gasteiger partial charge in [-0.05, 0) is 50.1 Å². The van der Waals surface area contributed by atoms with Gasteiger partial charge in [-0.2, -0.15) is 0 Å². The van der Waals surface area contributed by atoms with Crippen LogP contribution < -0.4 is 10.2 Å². The second-order valence-electron chi connectivity index (χ2n) is 8.76. The van der Waals surface area contributed by atoms with Crippen LogP contribution in [0.4, 0.5) is 11.4 Å². The molecule has 33 heavy (non-hydrogen) atoms. The van der Waals surface area contributed by atoms with Gasteiger partial charge in [0.2, 0.25) is 5.91 Å². The van der Waals surface area contributed by atoms with E-state index in [-0.39, 0.29) is 11.6 Å². The molecule has 7 nitrogen and oxygen atoms in total. The topological polar surface area (TPSA) is 77.7 Å². The molecular weight excluding hydrogens is 416 g/mol. The maximum Gasteiger partial charge on any atom is 0.356 e. The van der Waals surface area contributed by atoms with Gasteiger partial charge in [0.15, 0.2) is 0 Å². The fourth-order valence-electron chi connectivity index (χ4n) is 4.44. The standard InChI is InChI=1S/C26H32N4O3/c1-17-8-9-21-20(16-17)24(25(27-21)26(32)33-4)28-23(31)10-11-29-12-14-30(15-13-29)22-7-5-6-18(2)19(22)3/h5-9,16,27H,10-15H2,1-4H3,(H,28,31). The van der Waals surface area contributed by atoms with Crippen molar-refractivity contribution >= 4 is 34.2 Å². The number of carbonyl (C=O) groups is 2. The molecule has 1 aliphatic rings. The van der Waals surface area contributed by atoms with Gasteiger partial charge >= 0.3 is 5.97 Å². The average Bonchev–Trinajstić information content (AvgIpc) is 3.16. The van der Waals surface area contributed by atoms with Gasteiger partial charge in [-0.3, -0.25) is 9.69 Å². The average molecular weight is 449 g/mol. The number of amides is 1. The molecule has 4 rings (SSSR count). The fourth-order valence-corrected chi connectivity index (χ4v) is 4.44. The minimum Gasteiger partial charge on any atom is -0.464 e. The number of aromatic nitrogens is 1. The van der Waals surface area contributed by atoms with E-state index in [1.165, 1.54) is 23.9 Å². The van der Waals surface area contributed by atoms with Crippen LogP contribution in [-0.2, 0) is 9.53 Å². The Morgan fingerprint density at radius 2 is 1.82 bits per heavy atom. The summed E-state index contributed by atoms with van der Waals surface area (Å²) < 4.78 is 4.90. The lowest BCUT2D eigenvalue weighted by atomic mass is 10.1. The normalized spacial score (nSPS) is 14.5. The zero-order chi connectivity index (χ0) is 23.5. The van der Waals surface area contributed by atoms with Crippen molar-refractivity contribution in [3.05, 3.63) is 58.8 Å². The number of anilines is 2. The van der Waals surface area contributed by atoms with Gasteiger partial charge in [-0.15, -0.1) is 0 Å². The first-order valence-corrected chi connectivity index (χ1v) is 11.4. The van der Waals surface area contributed by atoms with Crippen LogP contribution in [0.3, 0.4) is 0 Å². The highest BCUT2D eigenvalue weighted by Gasteiger charge is 2.22. The Kier molecular flexibility index (Phi) is 6.70. The smallest absolute Gasteiger partial charge is 0.356 e. The number of ether oxygens (including phenoxy) is 1. The fraction of sp³-hybridized carbons (Fsp3) is 0.385. The minimum absolute atomic E-state index is 0.112. The molecule has 2 N–H and O–H groups in total. The third kappa shape index (κ3) is 4.88. The zero-order valence-electron chi connectivity index (χ0n) is 19.8. The van der Waals surface area contributed by atoms with Crippen LogP contribution in [0.25, 0.3) is 10.9 Å². The van der Waals surface area contributed by atoms with Crippen molar-refractivity contribution in [3.63, 3.8) is 0 Å². The van der Waals surface area contributed by atoms with Crippen molar-refractivity contribution < 1.29 is 14.3 Å². The number of methoxy groups -OCH3 is 1. The lowest BCUT2D eigenvalue weighted by Gasteiger charge is -2.37. The molecule has 0 bridgehead atoms. The zero-order valence-corrected chi connectivity index (χ0v) is 19.8. The van der Waals surface area contributed by atoms with Crippen molar-refractivity contribution in [2.45, 2.75) is 27.2 Å². The van der Waals surface area contributed by atoms with Gasteiger partial charge in [0.05, 0.1) is 12.8 Å². The Morgan fingerprint density at radius 1 is 1.06 bits per heavy atom. The summed E-state index contributed by atoms with van der Waals surface area (Å²) >= 11 is 0. The number of carbonyl (C=O) groups excluding carboxylic acids is 2. The molecule has 1 aromatic heterocycles. The Morgan fingerprint density at radius 3 is 2.55 bits per heavy atom.